The summed E-state index contributed by atoms with van der Waals surface area (Å²) in [5.41, 5.74) is 1.04. The smallest absolute Gasteiger partial charge is 0.248 e. The molecule has 0 amide bonds. The molecule has 0 N–H and O–H groups in total. The molecule has 0 saturated carbocycles. The first kappa shape index (κ1) is 7.81. The summed E-state index contributed by atoms with van der Waals surface area (Å²) in [6.45, 7) is 0. The summed E-state index contributed by atoms with van der Waals surface area (Å²) in [7, 11) is 0. The van der Waals surface area contributed by atoms with Crippen molar-refractivity contribution in [3.8, 4) is 0 Å². The third-order valence-electron chi connectivity index (χ3n) is 1.29. The van der Waals surface area contributed by atoms with Crippen LogP contribution in [0.25, 0.3) is 11.0 Å². The molecule has 0 radical (unpaired) electrons. The quantitative estimate of drug-likeness (QED) is 0.555. The summed E-state index contributed by atoms with van der Waals surface area (Å²) >= 11 is 0. The van der Waals surface area contributed by atoms with Crippen LogP contribution < -0.4 is 4.90 Å². The highest BCUT2D eigenvalue weighted by atomic mass is 35.5. The predicted molar refractivity (Wildman–Crippen MR) is 40.2 cm³/mol. The summed E-state index contributed by atoms with van der Waals surface area (Å²) in [4.78, 5) is 0.384. The Bertz CT molecular complexity index is 360. The summed E-state index contributed by atoms with van der Waals surface area (Å²) < 4.78 is 4.33. The van der Waals surface area contributed by atoms with E-state index in [-0.39, 0.29) is 12.4 Å². The molecule has 0 aliphatic heterocycles. The van der Waals surface area contributed by atoms with Crippen LogP contribution in [0.2, 0.25) is 0 Å². The Labute approximate surface area is 68.4 Å². The van der Waals surface area contributed by atoms with Crippen molar-refractivity contribution in [1.82, 2.24) is 5.16 Å². The van der Waals surface area contributed by atoms with E-state index in [1.807, 2.05) is 0 Å². The van der Waals surface area contributed by atoms with Crippen LogP contribution in [0.3, 0.4) is 0 Å². The van der Waals surface area contributed by atoms with E-state index < -0.39 is 0 Å². The number of para-hydroxylation sites is 1. The zero-order valence-electron chi connectivity index (χ0n) is 5.43. The molecule has 0 unspecified atom stereocenters. The van der Waals surface area contributed by atoms with E-state index in [9.17, 15) is 5.21 Å². The van der Waals surface area contributed by atoms with Crippen molar-refractivity contribution in [2.24, 2.45) is 0 Å². The van der Waals surface area contributed by atoms with Crippen molar-refractivity contribution in [1.29, 1.82) is 0 Å². The third kappa shape index (κ3) is 1.12. The SMILES string of the molecule is Cl.[O-][n+]1onc2ccccc21. The van der Waals surface area contributed by atoms with Gasteiger partial charge in [-0.05, 0) is 17.0 Å². The second-order valence-corrected chi connectivity index (χ2v) is 1.92. The van der Waals surface area contributed by atoms with Gasteiger partial charge in [-0.3, -0.25) is 4.63 Å². The van der Waals surface area contributed by atoms with E-state index in [0.29, 0.717) is 15.9 Å². The van der Waals surface area contributed by atoms with Gasteiger partial charge in [0.05, 0.1) is 0 Å². The summed E-state index contributed by atoms with van der Waals surface area (Å²) in [6.07, 6.45) is 0. The minimum Gasteiger partial charge on any atom is -0.359 e. The van der Waals surface area contributed by atoms with Crippen LogP contribution in [-0.2, 0) is 0 Å². The highest BCUT2D eigenvalue weighted by Crippen LogP contribution is 2.03. The second-order valence-electron chi connectivity index (χ2n) is 1.92. The minimum absolute atomic E-state index is 0. The molecule has 5 heteroatoms. The fraction of sp³-hybridized carbons (Fsp3) is 0. The molecule has 2 rings (SSSR count). The van der Waals surface area contributed by atoms with Crippen molar-refractivity contribution in [2.45, 2.75) is 0 Å². The van der Waals surface area contributed by atoms with E-state index in [1.165, 1.54) is 0 Å². The van der Waals surface area contributed by atoms with Gasteiger partial charge < -0.3 is 5.21 Å². The number of halogens is 1. The topological polar surface area (TPSA) is 53.0 Å². The lowest BCUT2D eigenvalue weighted by Crippen LogP contribution is -2.22. The van der Waals surface area contributed by atoms with Crippen LogP contribution in [-0.4, -0.2) is 5.16 Å². The molecular formula is C6H5ClN2O2. The van der Waals surface area contributed by atoms with E-state index >= 15 is 0 Å². The number of hydrogen-bond acceptors (Lipinski definition) is 3. The molecule has 0 saturated heterocycles. The second kappa shape index (κ2) is 2.75. The van der Waals surface area contributed by atoms with Gasteiger partial charge in [-0.2, -0.15) is 0 Å². The Morgan fingerprint density at radius 2 is 2.09 bits per heavy atom. The molecule has 0 atom stereocenters. The molecule has 4 nitrogen and oxygen atoms in total. The van der Waals surface area contributed by atoms with Crippen LogP contribution >= 0.6 is 12.4 Å². The first-order valence-corrected chi connectivity index (χ1v) is 2.82. The van der Waals surface area contributed by atoms with Gasteiger partial charge in [0.1, 0.15) is 0 Å². The van der Waals surface area contributed by atoms with Gasteiger partial charge in [0.25, 0.3) is 0 Å². The number of nitrogens with zero attached hydrogens (tertiary/aromatic N) is 2. The Morgan fingerprint density at radius 3 is 2.82 bits per heavy atom. The van der Waals surface area contributed by atoms with Gasteiger partial charge in [-0.25, -0.2) is 0 Å². The Kier molecular flexibility index (Phi) is 1.96. The number of benzene rings is 1. The van der Waals surface area contributed by atoms with Gasteiger partial charge >= 0.3 is 0 Å². The van der Waals surface area contributed by atoms with Gasteiger partial charge in [0, 0.05) is 5.16 Å². The maximum atomic E-state index is 10.7. The molecule has 58 valence electrons. The Hall–Kier alpha value is -1.29. The third-order valence-corrected chi connectivity index (χ3v) is 1.29. The predicted octanol–water partition coefficient (Wildman–Crippen LogP) is 0.883. The Balaban J connectivity index is 0.000000605. The zero-order valence-corrected chi connectivity index (χ0v) is 6.25. The van der Waals surface area contributed by atoms with Gasteiger partial charge in [-0.15, -0.1) is 12.4 Å². The van der Waals surface area contributed by atoms with Crippen LogP contribution in [0.5, 0.6) is 0 Å². The van der Waals surface area contributed by atoms with Crippen molar-refractivity contribution >= 4 is 23.4 Å². The number of hydrogen-bond donors (Lipinski definition) is 0. The fourth-order valence-corrected chi connectivity index (χ4v) is 0.821. The van der Waals surface area contributed by atoms with Crippen molar-refractivity contribution in [2.75, 3.05) is 0 Å². The largest absolute Gasteiger partial charge is 0.359 e. The molecule has 1 aromatic heterocycles. The maximum Gasteiger partial charge on any atom is 0.248 e. The summed E-state index contributed by atoms with van der Waals surface area (Å²) in [5, 5.41) is 14.2. The number of aromatic nitrogens is 2. The summed E-state index contributed by atoms with van der Waals surface area (Å²) in [5.74, 6) is 0. The lowest BCUT2D eigenvalue weighted by Gasteiger charge is -1.82. The van der Waals surface area contributed by atoms with Gasteiger partial charge in [-0.1, -0.05) is 12.1 Å². The van der Waals surface area contributed by atoms with Gasteiger partial charge in [0.2, 0.25) is 11.0 Å². The minimum atomic E-state index is 0. The van der Waals surface area contributed by atoms with Crippen molar-refractivity contribution in [3.63, 3.8) is 0 Å². The van der Waals surface area contributed by atoms with Gasteiger partial charge in [0.15, 0.2) is 0 Å². The summed E-state index contributed by atoms with van der Waals surface area (Å²) in [6, 6.07) is 6.92. The van der Waals surface area contributed by atoms with Crippen LogP contribution in [0.15, 0.2) is 28.9 Å². The zero-order chi connectivity index (χ0) is 6.97. The molecule has 1 heterocycles. The number of fused-ring (bicyclic) bond motifs is 1. The lowest BCUT2D eigenvalue weighted by molar-refractivity contribution is -0.782. The maximum absolute atomic E-state index is 10.7. The van der Waals surface area contributed by atoms with Crippen molar-refractivity contribution in [3.05, 3.63) is 29.5 Å². The average molecular weight is 173 g/mol. The molecule has 2 aromatic rings. The fourth-order valence-electron chi connectivity index (χ4n) is 0.821. The van der Waals surface area contributed by atoms with E-state index in [1.54, 1.807) is 24.3 Å². The van der Waals surface area contributed by atoms with Crippen LogP contribution in [0, 0.1) is 5.21 Å². The van der Waals surface area contributed by atoms with Crippen molar-refractivity contribution < 1.29 is 9.53 Å². The molecule has 0 aliphatic carbocycles. The first-order chi connectivity index (χ1) is 4.88. The monoisotopic (exact) mass is 172 g/mol. The Morgan fingerprint density at radius 1 is 1.36 bits per heavy atom. The van der Waals surface area contributed by atoms with Crippen LogP contribution in [0.4, 0.5) is 0 Å². The first-order valence-electron chi connectivity index (χ1n) is 2.82. The van der Waals surface area contributed by atoms with E-state index in [4.69, 9.17) is 0 Å². The standard InChI is InChI=1S/C6H4N2O2.ClH/c9-8-6-4-2-1-3-5(6)7-10-8;/h1-4H;1H. The molecular weight excluding hydrogens is 168 g/mol. The molecule has 1 aromatic carbocycles. The van der Waals surface area contributed by atoms with Crippen LogP contribution in [0.1, 0.15) is 0 Å². The lowest BCUT2D eigenvalue weighted by atomic mass is 10.3. The molecule has 0 fully saturated rings. The highest BCUT2D eigenvalue weighted by Gasteiger charge is 2.04. The number of rotatable bonds is 0. The normalized spacial score (nSPS) is 9.45. The molecule has 0 spiro atoms. The average Bonchev–Trinajstić information content (AvgIpc) is 2.34. The molecule has 0 aliphatic rings. The highest BCUT2D eigenvalue weighted by molar-refractivity contribution is 5.85. The van der Waals surface area contributed by atoms with E-state index in [2.05, 4.69) is 9.79 Å². The molecule has 0 bridgehead atoms. The molecule has 11 heavy (non-hydrogen) atoms. The van der Waals surface area contributed by atoms with E-state index in [0.717, 1.165) is 0 Å².